The molecule has 0 saturated carbocycles. The van der Waals surface area contributed by atoms with Crippen molar-refractivity contribution in [3.8, 4) is 0 Å². The van der Waals surface area contributed by atoms with Gasteiger partial charge in [0.2, 0.25) is 11.8 Å². The largest absolute Gasteiger partial charge is 0.443 e. The molecule has 0 spiro atoms. The Hall–Kier alpha value is -2.70. The number of halogens is 2. The Morgan fingerprint density at radius 1 is 1.23 bits per heavy atom. The second-order valence-electron chi connectivity index (χ2n) is 7.94. The second kappa shape index (κ2) is 9.62. The third kappa shape index (κ3) is 5.14. The smallest absolute Gasteiger partial charge is 0.237 e. The minimum Gasteiger partial charge on any atom is -0.443 e. The number of carbonyl (C=O) groups is 1. The number of hydrogen-bond donors (Lipinski definition) is 0. The van der Waals surface area contributed by atoms with Gasteiger partial charge in [-0.15, -0.1) is 0 Å². The summed E-state index contributed by atoms with van der Waals surface area (Å²) < 4.78 is 19.9. The van der Waals surface area contributed by atoms with Gasteiger partial charge in [0, 0.05) is 30.1 Å². The van der Waals surface area contributed by atoms with E-state index in [4.69, 9.17) is 16.0 Å². The number of nitrogens with zero attached hydrogens (tertiary/aromatic N) is 3. The predicted octanol–water partition coefficient (Wildman–Crippen LogP) is 4.85. The van der Waals surface area contributed by atoms with Crippen molar-refractivity contribution in [3.05, 3.63) is 88.3 Å². The first-order valence-corrected chi connectivity index (χ1v) is 10.8. The highest BCUT2D eigenvalue weighted by Crippen LogP contribution is 2.32. The highest BCUT2D eigenvalue weighted by Gasteiger charge is 2.33. The molecule has 1 aliphatic heterocycles. The molecule has 0 bridgehead atoms. The zero-order valence-electron chi connectivity index (χ0n) is 17.4. The van der Waals surface area contributed by atoms with Crippen molar-refractivity contribution in [1.82, 2.24) is 14.8 Å². The van der Waals surface area contributed by atoms with E-state index in [0.717, 1.165) is 24.2 Å². The molecule has 4 rings (SSSR count). The van der Waals surface area contributed by atoms with Crippen LogP contribution in [0.2, 0.25) is 5.02 Å². The Morgan fingerprint density at radius 3 is 2.74 bits per heavy atom. The van der Waals surface area contributed by atoms with E-state index in [1.165, 1.54) is 6.07 Å². The van der Waals surface area contributed by atoms with Gasteiger partial charge in [-0.3, -0.25) is 9.69 Å². The molecule has 1 aliphatic rings. The van der Waals surface area contributed by atoms with E-state index in [2.05, 4.69) is 4.98 Å². The number of aromatic nitrogens is 1. The van der Waals surface area contributed by atoms with Crippen molar-refractivity contribution in [2.24, 2.45) is 0 Å². The average Bonchev–Trinajstić information content (AvgIpc) is 3.41. The SMILES string of the molecule is CN(CC(=O)N1CCCC1c1ncc(Cc2ccccc2Cl)o1)Cc1ccccc1F. The normalized spacial score (nSPS) is 16.3. The maximum Gasteiger partial charge on any atom is 0.237 e. The number of carbonyl (C=O) groups excluding carboxylic acids is 1. The number of likely N-dealkylation sites (tertiary alicyclic amines) is 1. The van der Waals surface area contributed by atoms with Crippen LogP contribution in [-0.4, -0.2) is 40.8 Å². The Bertz CT molecular complexity index is 1050. The fraction of sp³-hybridized carbons (Fsp3) is 0.333. The van der Waals surface area contributed by atoms with Gasteiger partial charge in [-0.05, 0) is 37.6 Å². The molecule has 1 unspecified atom stereocenters. The van der Waals surface area contributed by atoms with E-state index in [-0.39, 0.29) is 24.3 Å². The van der Waals surface area contributed by atoms with Gasteiger partial charge in [-0.1, -0.05) is 48.0 Å². The summed E-state index contributed by atoms with van der Waals surface area (Å²) in [7, 11) is 1.82. The lowest BCUT2D eigenvalue weighted by molar-refractivity contribution is -0.133. The summed E-state index contributed by atoms with van der Waals surface area (Å²) in [5, 5.41) is 0.691. The minimum absolute atomic E-state index is 0.00723. The molecule has 5 nitrogen and oxygen atoms in total. The molecule has 0 radical (unpaired) electrons. The van der Waals surface area contributed by atoms with Gasteiger partial charge in [-0.25, -0.2) is 9.37 Å². The molecule has 1 amide bonds. The molecule has 0 N–H and O–H groups in total. The first kappa shape index (κ1) is 21.5. The molecule has 1 aromatic heterocycles. The molecular weight excluding hydrogens is 417 g/mol. The summed E-state index contributed by atoms with van der Waals surface area (Å²) in [5.41, 5.74) is 1.55. The zero-order valence-corrected chi connectivity index (χ0v) is 18.2. The average molecular weight is 442 g/mol. The van der Waals surface area contributed by atoms with Crippen LogP contribution < -0.4 is 0 Å². The van der Waals surface area contributed by atoms with E-state index in [9.17, 15) is 9.18 Å². The quantitative estimate of drug-likeness (QED) is 0.525. The Labute approximate surface area is 186 Å². The van der Waals surface area contributed by atoms with Crippen molar-refractivity contribution in [3.63, 3.8) is 0 Å². The van der Waals surface area contributed by atoms with Gasteiger partial charge in [0.1, 0.15) is 17.6 Å². The monoisotopic (exact) mass is 441 g/mol. The van der Waals surface area contributed by atoms with E-state index in [1.807, 2.05) is 41.1 Å². The Kier molecular flexibility index (Phi) is 6.68. The Morgan fingerprint density at radius 2 is 1.97 bits per heavy atom. The van der Waals surface area contributed by atoms with Crippen LogP contribution in [0.1, 0.15) is 41.7 Å². The molecule has 31 heavy (non-hydrogen) atoms. The maximum absolute atomic E-state index is 13.9. The van der Waals surface area contributed by atoms with Crippen LogP contribution in [-0.2, 0) is 17.8 Å². The fourth-order valence-corrected chi connectivity index (χ4v) is 4.21. The molecule has 1 atom stereocenters. The molecule has 3 aromatic rings. The van der Waals surface area contributed by atoms with Gasteiger partial charge in [-0.2, -0.15) is 0 Å². The second-order valence-corrected chi connectivity index (χ2v) is 8.35. The summed E-state index contributed by atoms with van der Waals surface area (Å²) in [4.78, 5) is 21.1. The standard InChI is InChI=1S/C24H25ClFN3O2/c1-28(15-18-8-3-5-10-21(18)26)16-23(30)29-12-6-11-22(29)24-27-14-19(31-24)13-17-7-2-4-9-20(17)25/h2-5,7-10,14,22H,6,11-13,15-16H2,1H3. The highest BCUT2D eigenvalue weighted by atomic mass is 35.5. The first-order valence-electron chi connectivity index (χ1n) is 10.4. The first-order chi connectivity index (χ1) is 15.0. The number of amides is 1. The summed E-state index contributed by atoms with van der Waals surface area (Å²) in [6.07, 6.45) is 3.98. The van der Waals surface area contributed by atoms with E-state index >= 15 is 0 Å². The summed E-state index contributed by atoms with van der Waals surface area (Å²) in [6.45, 7) is 1.25. The van der Waals surface area contributed by atoms with E-state index in [1.54, 1.807) is 24.4 Å². The lowest BCUT2D eigenvalue weighted by atomic mass is 10.1. The Balaban J connectivity index is 1.39. The van der Waals surface area contributed by atoms with Crippen molar-refractivity contribution in [2.75, 3.05) is 20.1 Å². The number of benzene rings is 2. The molecule has 7 heteroatoms. The fourth-order valence-electron chi connectivity index (χ4n) is 4.00. The summed E-state index contributed by atoms with van der Waals surface area (Å²) >= 11 is 6.25. The van der Waals surface area contributed by atoms with Crippen LogP contribution in [0.5, 0.6) is 0 Å². The molecule has 2 aromatic carbocycles. The van der Waals surface area contributed by atoms with Crippen LogP contribution in [0.4, 0.5) is 4.39 Å². The molecule has 1 fully saturated rings. The van der Waals surface area contributed by atoms with Gasteiger partial charge < -0.3 is 9.32 Å². The highest BCUT2D eigenvalue weighted by molar-refractivity contribution is 6.31. The van der Waals surface area contributed by atoms with Crippen LogP contribution in [0.25, 0.3) is 0 Å². The lowest BCUT2D eigenvalue weighted by Crippen LogP contribution is -2.38. The summed E-state index contributed by atoms with van der Waals surface area (Å²) in [5.74, 6) is 1.02. The van der Waals surface area contributed by atoms with Gasteiger partial charge in [0.05, 0.1) is 12.7 Å². The third-order valence-corrected chi connectivity index (χ3v) is 5.92. The van der Waals surface area contributed by atoms with Crippen molar-refractivity contribution >= 4 is 17.5 Å². The molecule has 162 valence electrons. The predicted molar refractivity (Wildman–Crippen MR) is 117 cm³/mol. The topological polar surface area (TPSA) is 49.6 Å². The van der Waals surface area contributed by atoms with Crippen LogP contribution >= 0.6 is 11.6 Å². The lowest BCUT2D eigenvalue weighted by Gasteiger charge is -2.25. The molecular formula is C24H25ClFN3O2. The van der Waals surface area contributed by atoms with Gasteiger partial charge >= 0.3 is 0 Å². The molecule has 2 heterocycles. The molecule has 0 aliphatic carbocycles. The number of oxazole rings is 1. The van der Waals surface area contributed by atoms with Gasteiger partial charge in [0.25, 0.3) is 0 Å². The van der Waals surface area contributed by atoms with Crippen LogP contribution in [0.15, 0.2) is 59.1 Å². The van der Waals surface area contributed by atoms with E-state index in [0.29, 0.717) is 36.0 Å². The summed E-state index contributed by atoms with van der Waals surface area (Å²) in [6, 6.07) is 14.1. The minimum atomic E-state index is -0.258. The number of likely N-dealkylation sites (N-methyl/N-ethyl adjacent to an activating group) is 1. The van der Waals surface area contributed by atoms with Crippen molar-refractivity contribution in [2.45, 2.75) is 31.8 Å². The van der Waals surface area contributed by atoms with E-state index < -0.39 is 0 Å². The number of hydrogen-bond acceptors (Lipinski definition) is 4. The van der Waals surface area contributed by atoms with Crippen molar-refractivity contribution in [1.29, 1.82) is 0 Å². The van der Waals surface area contributed by atoms with Crippen LogP contribution in [0, 0.1) is 5.82 Å². The van der Waals surface area contributed by atoms with Crippen molar-refractivity contribution < 1.29 is 13.6 Å². The van der Waals surface area contributed by atoms with Crippen LogP contribution in [0.3, 0.4) is 0 Å². The maximum atomic E-state index is 13.9. The van der Waals surface area contributed by atoms with Gasteiger partial charge in [0.15, 0.2) is 0 Å². The molecule has 1 saturated heterocycles. The third-order valence-electron chi connectivity index (χ3n) is 5.56. The number of rotatable bonds is 7. The zero-order chi connectivity index (χ0) is 21.8.